The van der Waals surface area contributed by atoms with Gasteiger partial charge in [-0.3, -0.25) is 14.5 Å². The number of nitrogens with zero attached hydrogens (tertiary/aromatic N) is 2. The third-order valence-corrected chi connectivity index (χ3v) is 6.58. The predicted octanol–water partition coefficient (Wildman–Crippen LogP) is 4.44. The van der Waals surface area contributed by atoms with Crippen LogP contribution in [0.2, 0.25) is 0 Å². The molecule has 0 spiro atoms. The molecule has 3 aromatic rings. The quantitative estimate of drug-likeness (QED) is 0.643. The molecule has 0 radical (unpaired) electrons. The van der Waals surface area contributed by atoms with Crippen LogP contribution < -0.4 is 14.8 Å². The zero-order valence-corrected chi connectivity index (χ0v) is 19.4. The molecule has 2 amide bonds. The van der Waals surface area contributed by atoms with E-state index >= 15 is 0 Å². The fraction of sp³-hybridized carbons (Fsp3) is 0.308. The molecular formula is C26H27N3O4. The number of rotatable bonds is 4. The molecule has 0 unspecified atom stereocenters. The summed E-state index contributed by atoms with van der Waals surface area (Å²) in [4.78, 5) is 27.2. The van der Waals surface area contributed by atoms with E-state index in [9.17, 15) is 9.59 Å². The standard InChI is InChI=1S/C26H27N3O4/c1-14(2)28-12-18-23(17-10-9-16(32-4)11-22(17)33-5)25-20(13-29(15(3)30)26(25)31)27-19-7-6-8-21(28)24(18)19/h6-12,14,23,27H,13H2,1-5H3/t23-/m1/s1. The second kappa shape index (κ2) is 7.69. The Balaban J connectivity index is 1.84. The SMILES string of the molecule is COc1ccc([C@H]2C3=C(CN(C(C)=O)C3=O)Nc3cccc4c3c2cn4C(C)C)c(OC)c1. The van der Waals surface area contributed by atoms with Crippen LogP contribution in [0.3, 0.4) is 0 Å². The highest BCUT2D eigenvalue weighted by molar-refractivity contribution is 6.11. The van der Waals surface area contributed by atoms with Gasteiger partial charge in [-0.2, -0.15) is 0 Å². The smallest absolute Gasteiger partial charge is 0.259 e. The number of anilines is 1. The van der Waals surface area contributed by atoms with Gasteiger partial charge in [-0.25, -0.2) is 0 Å². The van der Waals surface area contributed by atoms with E-state index in [1.54, 1.807) is 14.2 Å². The van der Waals surface area contributed by atoms with Crippen molar-refractivity contribution in [2.24, 2.45) is 0 Å². The maximum atomic E-state index is 13.6. The number of benzene rings is 2. The molecule has 0 bridgehead atoms. The molecule has 33 heavy (non-hydrogen) atoms. The number of aromatic nitrogens is 1. The molecule has 2 aromatic carbocycles. The fourth-order valence-corrected chi connectivity index (χ4v) is 5.04. The third-order valence-electron chi connectivity index (χ3n) is 6.58. The monoisotopic (exact) mass is 445 g/mol. The molecule has 1 atom stereocenters. The van der Waals surface area contributed by atoms with Crippen LogP contribution in [0, 0.1) is 0 Å². The summed E-state index contributed by atoms with van der Waals surface area (Å²) in [5.41, 5.74) is 5.22. The Morgan fingerprint density at radius 1 is 1.12 bits per heavy atom. The van der Waals surface area contributed by atoms with Gasteiger partial charge in [0.15, 0.2) is 0 Å². The number of methoxy groups -OCH3 is 2. The summed E-state index contributed by atoms with van der Waals surface area (Å²) < 4.78 is 13.4. The molecule has 7 heteroatoms. The molecule has 1 aromatic heterocycles. The van der Waals surface area contributed by atoms with E-state index in [0.29, 0.717) is 17.1 Å². The number of ether oxygens (including phenoxy) is 2. The van der Waals surface area contributed by atoms with E-state index < -0.39 is 5.92 Å². The van der Waals surface area contributed by atoms with E-state index in [4.69, 9.17) is 9.47 Å². The molecule has 7 nitrogen and oxygen atoms in total. The summed E-state index contributed by atoms with van der Waals surface area (Å²) >= 11 is 0. The number of amides is 2. The molecule has 170 valence electrons. The van der Waals surface area contributed by atoms with Crippen molar-refractivity contribution in [1.29, 1.82) is 0 Å². The van der Waals surface area contributed by atoms with Gasteiger partial charge in [0.25, 0.3) is 5.91 Å². The number of carbonyl (C=O) groups excluding carboxylic acids is 2. The minimum Gasteiger partial charge on any atom is -0.497 e. The molecule has 2 aliphatic rings. The maximum absolute atomic E-state index is 13.6. The van der Waals surface area contributed by atoms with Crippen molar-refractivity contribution < 1.29 is 19.1 Å². The van der Waals surface area contributed by atoms with Crippen molar-refractivity contribution in [3.63, 3.8) is 0 Å². The van der Waals surface area contributed by atoms with E-state index in [0.717, 1.165) is 33.4 Å². The molecule has 3 heterocycles. The van der Waals surface area contributed by atoms with E-state index in [2.05, 4.69) is 36.0 Å². The van der Waals surface area contributed by atoms with Gasteiger partial charge >= 0.3 is 0 Å². The molecular weight excluding hydrogens is 418 g/mol. The summed E-state index contributed by atoms with van der Waals surface area (Å²) in [7, 11) is 3.22. The molecule has 0 fully saturated rings. The van der Waals surface area contributed by atoms with Crippen molar-refractivity contribution in [1.82, 2.24) is 9.47 Å². The molecule has 0 saturated carbocycles. The third kappa shape index (κ3) is 3.10. The highest BCUT2D eigenvalue weighted by Gasteiger charge is 2.42. The van der Waals surface area contributed by atoms with E-state index in [-0.39, 0.29) is 24.4 Å². The Hall–Kier alpha value is -3.74. The number of imide groups is 1. The summed E-state index contributed by atoms with van der Waals surface area (Å²) in [5.74, 6) is 0.353. The number of nitrogens with one attached hydrogen (secondary N) is 1. The molecule has 0 saturated heterocycles. The van der Waals surface area contributed by atoms with Crippen LogP contribution in [0.1, 0.15) is 43.9 Å². The Morgan fingerprint density at radius 2 is 1.91 bits per heavy atom. The topological polar surface area (TPSA) is 72.8 Å². The first-order valence-electron chi connectivity index (χ1n) is 11.0. The van der Waals surface area contributed by atoms with E-state index in [1.165, 1.54) is 11.8 Å². The van der Waals surface area contributed by atoms with Gasteiger partial charge in [0, 0.05) is 53.5 Å². The van der Waals surface area contributed by atoms with Gasteiger partial charge in [-0.05, 0) is 37.6 Å². The van der Waals surface area contributed by atoms with Crippen LogP contribution in [0.4, 0.5) is 5.69 Å². The largest absolute Gasteiger partial charge is 0.497 e. The van der Waals surface area contributed by atoms with Crippen molar-refractivity contribution in [2.75, 3.05) is 26.1 Å². The first-order chi connectivity index (χ1) is 15.8. The zero-order chi connectivity index (χ0) is 23.4. The minimum atomic E-state index is -0.406. The summed E-state index contributed by atoms with van der Waals surface area (Å²) in [5, 5.41) is 4.57. The summed E-state index contributed by atoms with van der Waals surface area (Å²) in [6.07, 6.45) is 2.13. The average Bonchev–Trinajstić information content (AvgIpc) is 3.30. The van der Waals surface area contributed by atoms with Crippen molar-refractivity contribution >= 4 is 28.4 Å². The van der Waals surface area contributed by atoms with Crippen LogP contribution >= 0.6 is 0 Å². The van der Waals surface area contributed by atoms with Crippen LogP contribution in [-0.2, 0) is 9.59 Å². The molecule has 0 aliphatic carbocycles. The molecule has 5 rings (SSSR count). The van der Waals surface area contributed by atoms with Crippen molar-refractivity contribution in [2.45, 2.75) is 32.7 Å². The van der Waals surface area contributed by atoms with Crippen molar-refractivity contribution in [3.8, 4) is 11.5 Å². The first kappa shape index (κ1) is 21.1. The fourth-order valence-electron chi connectivity index (χ4n) is 5.04. The van der Waals surface area contributed by atoms with Gasteiger partial charge in [0.1, 0.15) is 11.5 Å². The molecule has 2 aliphatic heterocycles. The lowest BCUT2D eigenvalue weighted by molar-refractivity contribution is -0.139. The van der Waals surface area contributed by atoms with Gasteiger partial charge < -0.3 is 19.4 Å². The highest BCUT2D eigenvalue weighted by Crippen LogP contribution is 2.49. The predicted molar refractivity (Wildman–Crippen MR) is 127 cm³/mol. The Labute approximate surface area is 192 Å². The maximum Gasteiger partial charge on any atom is 0.259 e. The van der Waals surface area contributed by atoms with Gasteiger partial charge in [0.05, 0.1) is 31.9 Å². The first-order valence-corrected chi connectivity index (χ1v) is 11.0. The second-order valence-electron chi connectivity index (χ2n) is 8.75. The highest BCUT2D eigenvalue weighted by atomic mass is 16.5. The van der Waals surface area contributed by atoms with E-state index in [1.807, 2.05) is 30.3 Å². The summed E-state index contributed by atoms with van der Waals surface area (Å²) in [6.45, 7) is 5.93. The Morgan fingerprint density at radius 3 is 2.58 bits per heavy atom. The van der Waals surface area contributed by atoms with Crippen LogP contribution in [0.25, 0.3) is 10.9 Å². The molecule has 1 N–H and O–H groups in total. The number of carbonyl (C=O) groups is 2. The minimum absolute atomic E-state index is 0.226. The number of hydrogen-bond acceptors (Lipinski definition) is 5. The van der Waals surface area contributed by atoms with Crippen LogP contribution in [0.15, 0.2) is 53.9 Å². The summed E-state index contributed by atoms with van der Waals surface area (Å²) in [6, 6.07) is 12.0. The van der Waals surface area contributed by atoms with Crippen LogP contribution in [-0.4, -0.2) is 42.0 Å². The normalized spacial score (nSPS) is 17.3. The lowest BCUT2D eigenvalue weighted by Crippen LogP contribution is -2.33. The van der Waals surface area contributed by atoms with Gasteiger partial charge in [0.2, 0.25) is 5.91 Å². The Kier molecular flexibility index (Phi) is 4.92. The number of hydrogen-bond donors (Lipinski definition) is 1. The van der Waals surface area contributed by atoms with Gasteiger partial charge in [-0.15, -0.1) is 0 Å². The zero-order valence-electron chi connectivity index (χ0n) is 19.4. The lowest BCUT2D eigenvalue weighted by atomic mass is 9.84. The van der Waals surface area contributed by atoms with Gasteiger partial charge in [-0.1, -0.05) is 12.1 Å². The average molecular weight is 446 g/mol. The van der Waals surface area contributed by atoms with Crippen molar-refractivity contribution in [3.05, 3.63) is 65.0 Å². The Bertz CT molecular complexity index is 1330. The second-order valence-corrected chi connectivity index (χ2v) is 8.75. The lowest BCUT2D eigenvalue weighted by Gasteiger charge is -2.22. The van der Waals surface area contributed by atoms with Crippen LogP contribution in [0.5, 0.6) is 11.5 Å².